The summed E-state index contributed by atoms with van der Waals surface area (Å²) in [5.74, 6) is -1.90. The molecule has 0 heterocycles. The van der Waals surface area contributed by atoms with Crippen LogP contribution in [0, 0.1) is 5.92 Å². The van der Waals surface area contributed by atoms with Crippen molar-refractivity contribution in [3.8, 4) is 0 Å². The molecule has 1 aromatic carbocycles. The number of carboxylic acid groups (broad SMARTS) is 1. The van der Waals surface area contributed by atoms with E-state index in [2.05, 4.69) is 0 Å². The zero-order chi connectivity index (χ0) is 9.47. The Kier molecular flexibility index (Phi) is 1.62. The second-order valence-electron chi connectivity index (χ2n) is 3.32. The summed E-state index contributed by atoms with van der Waals surface area (Å²) in [6.45, 7) is 0. The Morgan fingerprint density at radius 3 is 2.54 bits per heavy atom. The lowest BCUT2D eigenvalue weighted by atomic mass is 10.1. The molecule has 68 valence electrons. The van der Waals surface area contributed by atoms with Gasteiger partial charge in [-0.25, -0.2) is 4.39 Å². The van der Waals surface area contributed by atoms with E-state index in [0.29, 0.717) is 5.56 Å². The molecule has 13 heavy (non-hydrogen) atoms. The van der Waals surface area contributed by atoms with Crippen molar-refractivity contribution in [1.82, 2.24) is 0 Å². The topological polar surface area (TPSA) is 37.3 Å². The molecule has 2 atom stereocenters. The summed E-state index contributed by atoms with van der Waals surface area (Å²) < 4.78 is 13.8. The highest BCUT2D eigenvalue weighted by Crippen LogP contribution is 2.55. The van der Waals surface area contributed by atoms with Crippen molar-refractivity contribution in [2.75, 3.05) is 0 Å². The maximum Gasteiger partial charge on any atom is 0.310 e. The average molecular weight is 180 g/mol. The summed E-state index contributed by atoms with van der Waals surface area (Å²) in [6.07, 6.45) is 0.104. The summed E-state index contributed by atoms with van der Waals surface area (Å²) in [5, 5.41) is 8.61. The lowest BCUT2D eigenvalue weighted by molar-refractivity contribution is -0.139. The molecular formula is C10H9FO2. The molecule has 1 fully saturated rings. The number of carbonyl (C=O) groups is 1. The summed E-state index contributed by atoms with van der Waals surface area (Å²) in [4.78, 5) is 10.5. The van der Waals surface area contributed by atoms with Crippen molar-refractivity contribution in [2.45, 2.75) is 12.1 Å². The standard InChI is InChI=1S/C10H9FO2/c11-10(6-8(10)9(12)13)7-4-2-1-3-5-7/h1-5,8H,6H2,(H,12,13). The van der Waals surface area contributed by atoms with Gasteiger partial charge in [-0.3, -0.25) is 4.79 Å². The van der Waals surface area contributed by atoms with Crippen LogP contribution in [-0.4, -0.2) is 11.1 Å². The van der Waals surface area contributed by atoms with Crippen LogP contribution in [0.5, 0.6) is 0 Å². The maximum absolute atomic E-state index is 13.8. The fourth-order valence-electron chi connectivity index (χ4n) is 1.56. The van der Waals surface area contributed by atoms with Gasteiger partial charge >= 0.3 is 5.97 Å². The van der Waals surface area contributed by atoms with Gasteiger partial charge in [-0.15, -0.1) is 0 Å². The Balaban J connectivity index is 2.25. The molecule has 0 aliphatic heterocycles. The molecule has 0 saturated heterocycles. The van der Waals surface area contributed by atoms with Crippen molar-refractivity contribution in [1.29, 1.82) is 0 Å². The van der Waals surface area contributed by atoms with Crippen LogP contribution in [0.3, 0.4) is 0 Å². The first-order valence-electron chi connectivity index (χ1n) is 4.12. The predicted molar refractivity (Wildman–Crippen MR) is 45.0 cm³/mol. The molecule has 1 saturated carbocycles. The van der Waals surface area contributed by atoms with Crippen molar-refractivity contribution in [3.05, 3.63) is 35.9 Å². The van der Waals surface area contributed by atoms with Gasteiger partial charge in [0.2, 0.25) is 0 Å². The zero-order valence-corrected chi connectivity index (χ0v) is 6.90. The van der Waals surface area contributed by atoms with Gasteiger partial charge in [0.15, 0.2) is 0 Å². The third-order valence-electron chi connectivity index (χ3n) is 2.45. The minimum atomic E-state index is -1.62. The fourth-order valence-corrected chi connectivity index (χ4v) is 1.56. The van der Waals surface area contributed by atoms with E-state index in [9.17, 15) is 9.18 Å². The summed E-state index contributed by atoms with van der Waals surface area (Å²) in [5.41, 5.74) is -1.14. The number of hydrogen-bond donors (Lipinski definition) is 1. The second-order valence-corrected chi connectivity index (χ2v) is 3.32. The van der Waals surface area contributed by atoms with Crippen LogP contribution in [0.25, 0.3) is 0 Å². The lowest BCUT2D eigenvalue weighted by Gasteiger charge is -2.04. The highest BCUT2D eigenvalue weighted by molar-refractivity contribution is 5.76. The lowest BCUT2D eigenvalue weighted by Crippen LogP contribution is -2.09. The molecule has 1 aliphatic carbocycles. The van der Waals surface area contributed by atoms with E-state index < -0.39 is 17.6 Å². The van der Waals surface area contributed by atoms with E-state index >= 15 is 0 Å². The first-order chi connectivity index (χ1) is 6.14. The van der Waals surface area contributed by atoms with E-state index in [-0.39, 0.29) is 6.42 Å². The number of alkyl halides is 1. The summed E-state index contributed by atoms with van der Waals surface area (Å²) in [7, 11) is 0. The molecule has 2 unspecified atom stereocenters. The van der Waals surface area contributed by atoms with Gasteiger partial charge in [0.1, 0.15) is 5.67 Å². The Morgan fingerprint density at radius 2 is 2.08 bits per heavy atom. The number of carboxylic acids is 1. The molecule has 2 nitrogen and oxygen atoms in total. The maximum atomic E-state index is 13.8. The van der Waals surface area contributed by atoms with Crippen LogP contribution in [-0.2, 0) is 10.5 Å². The van der Waals surface area contributed by atoms with Crippen molar-refractivity contribution < 1.29 is 14.3 Å². The van der Waals surface area contributed by atoms with Gasteiger partial charge in [0, 0.05) is 6.42 Å². The molecule has 0 bridgehead atoms. The SMILES string of the molecule is O=C(O)C1CC1(F)c1ccccc1. The van der Waals surface area contributed by atoms with Crippen LogP contribution >= 0.6 is 0 Å². The molecule has 0 amide bonds. The fraction of sp³-hybridized carbons (Fsp3) is 0.300. The Morgan fingerprint density at radius 1 is 1.46 bits per heavy atom. The summed E-state index contributed by atoms with van der Waals surface area (Å²) >= 11 is 0. The minimum absolute atomic E-state index is 0.104. The molecule has 3 heteroatoms. The smallest absolute Gasteiger partial charge is 0.310 e. The van der Waals surface area contributed by atoms with Crippen LogP contribution in [0.4, 0.5) is 4.39 Å². The number of benzene rings is 1. The third kappa shape index (κ3) is 1.20. The highest BCUT2D eigenvalue weighted by atomic mass is 19.1. The molecular weight excluding hydrogens is 171 g/mol. The molecule has 0 spiro atoms. The van der Waals surface area contributed by atoms with Gasteiger partial charge in [0.05, 0.1) is 5.92 Å². The first-order valence-corrected chi connectivity index (χ1v) is 4.12. The molecule has 1 aliphatic rings. The van der Waals surface area contributed by atoms with Gasteiger partial charge in [0.25, 0.3) is 0 Å². The molecule has 1 N–H and O–H groups in total. The van der Waals surface area contributed by atoms with Gasteiger partial charge < -0.3 is 5.11 Å². The zero-order valence-electron chi connectivity index (χ0n) is 6.90. The van der Waals surface area contributed by atoms with Gasteiger partial charge in [-0.05, 0) is 5.56 Å². The van der Waals surface area contributed by atoms with E-state index in [4.69, 9.17) is 5.11 Å². The Bertz CT molecular complexity index is 336. The van der Waals surface area contributed by atoms with Crippen molar-refractivity contribution in [2.24, 2.45) is 5.92 Å². The van der Waals surface area contributed by atoms with E-state index in [1.807, 2.05) is 0 Å². The average Bonchev–Trinajstić information content (AvgIpc) is 2.82. The number of rotatable bonds is 2. The normalized spacial score (nSPS) is 31.3. The van der Waals surface area contributed by atoms with Crippen LogP contribution in [0.1, 0.15) is 12.0 Å². The number of hydrogen-bond acceptors (Lipinski definition) is 1. The quantitative estimate of drug-likeness (QED) is 0.755. The number of aliphatic carboxylic acids is 1. The van der Waals surface area contributed by atoms with Crippen molar-refractivity contribution in [3.63, 3.8) is 0 Å². The first kappa shape index (κ1) is 8.23. The molecule has 0 aromatic heterocycles. The van der Waals surface area contributed by atoms with Gasteiger partial charge in [-0.2, -0.15) is 0 Å². The van der Waals surface area contributed by atoms with E-state index in [1.165, 1.54) is 0 Å². The van der Waals surface area contributed by atoms with E-state index in [0.717, 1.165) is 0 Å². The van der Waals surface area contributed by atoms with Crippen molar-refractivity contribution >= 4 is 5.97 Å². The Hall–Kier alpha value is -1.38. The minimum Gasteiger partial charge on any atom is -0.481 e. The van der Waals surface area contributed by atoms with Crippen LogP contribution < -0.4 is 0 Å². The third-order valence-corrected chi connectivity index (χ3v) is 2.45. The molecule has 2 rings (SSSR count). The second kappa shape index (κ2) is 2.55. The predicted octanol–water partition coefficient (Wildman–Crippen LogP) is 1.96. The monoisotopic (exact) mass is 180 g/mol. The largest absolute Gasteiger partial charge is 0.481 e. The Labute approximate surface area is 75.0 Å². The highest BCUT2D eigenvalue weighted by Gasteiger charge is 2.61. The van der Waals surface area contributed by atoms with Crippen LogP contribution in [0.15, 0.2) is 30.3 Å². The number of halogens is 1. The van der Waals surface area contributed by atoms with Crippen LogP contribution in [0.2, 0.25) is 0 Å². The molecule has 0 radical (unpaired) electrons. The van der Waals surface area contributed by atoms with Gasteiger partial charge in [-0.1, -0.05) is 30.3 Å². The summed E-state index contributed by atoms with van der Waals surface area (Å²) in [6, 6.07) is 8.47. The van der Waals surface area contributed by atoms with E-state index in [1.54, 1.807) is 30.3 Å². The molecule has 1 aromatic rings.